The van der Waals surface area contributed by atoms with Crippen molar-refractivity contribution in [3.05, 3.63) is 42.7 Å². The molecule has 2 aromatic heterocycles. The van der Waals surface area contributed by atoms with Gasteiger partial charge in [-0.1, -0.05) is 6.92 Å². The number of thiophene rings is 2. The van der Waals surface area contributed by atoms with Crippen LogP contribution in [0, 0.1) is 0 Å². The summed E-state index contributed by atoms with van der Waals surface area (Å²) in [6, 6.07) is 4.01. The largest absolute Gasteiger partial charge is 0.346 e. The van der Waals surface area contributed by atoms with E-state index in [2.05, 4.69) is 28.2 Å². The maximum Gasteiger partial charge on any atom is 0.261 e. The molecule has 2 heterocycles. The highest BCUT2D eigenvalue weighted by Gasteiger charge is 2.12. The molecule has 0 aliphatic rings. The minimum absolute atomic E-state index is 0.0251. The first-order valence-electron chi connectivity index (χ1n) is 5.28. The third kappa shape index (κ3) is 2.97. The summed E-state index contributed by atoms with van der Waals surface area (Å²) in [6.07, 6.45) is 0.898. The van der Waals surface area contributed by atoms with E-state index in [1.807, 2.05) is 22.9 Å². The van der Waals surface area contributed by atoms with Crippen LogP contribution in [-0.2, 0) is 13.0 Å². The van der Waals surface area contributed by atoms with E-state index in [0.29, 0.717) is 6.54 Å². The number of carbonyl (C=O) groups excluding carboxylic acids is 1. The van der Waals surface area contributed by atoms with Crippen molar-refractivity contribution in [2.45, 2.75) is 19.9 Å². The lowest BCUT2D eigenvalue weighted by Crippen LogP contribution is -2.22. The van der Waals surface area contributed by atoms with Gasteiger partial charge in [0.2, 0.25) is 0 Å². The Morgan fingerprint density at radius 2 is 2.12 bits per heavy atom. The number of hydrogen-bond acceptors (Lipinski definition) is 3. The van der Waals surface area contributed by atoms with Gasteiger partial charge in [0.05, 0.1) is 11.4 Å². The number of rotatable bonds is 4. The third-order valence-electron chi connectivity index (χ3n) is 2.43. The first-order chi connectivity index (χ1) is 8.22. The Morgan fingerprint density at radius 3 is 2.76 bits per heavy atom. The smallest absolute Gasteiger partial charge is 0.261 e. The van der Waals surface area contributed by atoms with Crippen LogP contribution in [0.3, 0.4) is 0 Å². The molecule has 0 fully saturated rings. The Labute approximate surface area is 117 Å². The fourth-order valence-electron chi connectivity index (χ4n) is 1.51. The van der Waals surface area contributed by atoms with Crippen molar-refractivity contribution in [1.82, 2.24) is 5.32 Å². The van der Waals surface area contributed by atoms with Crippen LogP contribution in [0.25, 0.3) is 0 Å². The third-order valence-corrected chi connectivity index (χ3v) is 5.32. The minimum Gasteiger partial charge on any atom is -0.346 e. The fraction of sp³-hybridized carbons (Fsp3) is 0.250. The fourth-order valence-corrected chi connectivity index (χ4v) is 3.85. The van der Waals surface area contributed by atoms with Gasteiger partial charge >= 0.3 is 0 Å². The van der Waals surface area contributed by atoms with Gasteiger partial charge in [-0.3, -0.25) is 4.79 Å². The summed E-state index contributed by atoms with van der Waals surface area (Å²) in [4.78, 5) is 14.0. The van der Waals surface area contributed by atoms with Crippen molar-refractivity contribution >= 4 is 44.5 Å². The van der Waals surface area contributed by atoms with Crippen LogP contribution in [0.4, 0.5) is 0 Å². The topological polar surface area (TPSA) is 29.1 Å². The van der Waals surface area contributed by atoms with Crippen LogP contribution in [0.1, 0.15) is 27.0 Å². The molecule has 1 N–H and O–H groups in total. The van der Waals surface area contributed by atoms with E-state index in [0.717, 1.165) is 26.2 Å². The lowest BCUT2D eigenvalue weighted by Gasteiger charge is -2.04. The standard InChI is InChI=1S/C12H12BrNOS2/c1-2-8-3-5-17-11(8)12(15)14-7-10-9(13)4-6-16-10/h3-6H,2,7H2,1H3,(H,14,15). The van der Waals surface area contributed by atoms with Gasteiger partial charge in [-0.2, -0.15) is 0 Å². The molecule has 2 nitrogen and oxygen atoms in total. The van der Waals surface area contributed by atoms with E-state index < -0.39 is 0 Å². The molecular formula is C12H12BrNOS2. The summed E-state index contributed by atoms with van der Waals surface area (Å²) in [7, 11) is 0. The second-order valence-corrected chi connectivity index (χ2v) is 6.27. The Morgan fingerprint density at radius 1 is 1.35 bits per heavy atom. The molecule has 0 saturated heterocycles. The van der Waals surface area contributed by atoms with E-state index >= 15 is 0 Å². The molecule has 0 aliphatic heterocycles. The number of aryl methyl sites for hydroxylation is 1. The summed E-state index contributed by atoms with van der Waals surface area (Å²) >= 11 is 6.60. The molecule has 2 rings (SSSR count). The van der Waals surface area contributed by atoms with Gasteiger partial charge in [0.25, 0.3) is 5.91 Å². The number of nitrogens with one attached hydrogen (secondary N) is 1. The zero-order chi connectivity index (χ0) is 12.3. The summed E-state index contributed by atoms with van der Waals surface area (Å²) in [5.74, 6) is 0.0251. The quantitative estimate of drug-likeness (QED) is 0.900. The van der Waals surface area contributed by atoms with Crippen LogP contribution in [0.15, 0.2) is 27.4 Å². The molecule has 0 unspecified atom stereocenters. The zero-order valence-corrected chi connectivity index (χ0v) is 12.5. The first-order valence-corrected chi connectivity index (χ1v) is 7.84. The van der Waals surface area contributed by atoms with E-state index in [-0.39, 0.29) is 5.91 Å². The van der Waals surface area contributed by atoms with E-state index in [1.165, 1.54) is 11.3 Å². The molecular weight excluding hydrogens is 318 g/mol. The van der Waals surface area contributed by atoms with E-state index in [1.54, 1.807) is 11.3 Å². The van der Waals surface area contributed by atoms with Crippen molar-refractivity contribution < 1.29 is 4.79 Å². The molecule has 5 heteroatoms. The Balaban J connectivity index is 2.01. The first kappa shape index (κ1) is 12.8. The van der Waals surface area contributed by atoms with E-state index in [4.69, 9.17) is 0 Å². The van der Waals surface area contributed by atoms with Gasteiger partial charge in [0.1, 0.15) is 0 Å². The van der Waals surface area contributed by atoms with Crippen molar-refractivity contribution in [3.8, 4) is 0 Å². The predicted molar refractivity (Wildman–Crippen MR) is 76.9 cm³/mol. The van der Waals surface area contributed by atoms with Gasteiger partial charge in [0, 0.05) is 9.35 Å². The Kier molecular flexibility index (Phi) is 4.36. The number of halogens is 1. The minimum atomic E-state index is 0.0251. The average Bonchev–Trinajstić information content (AvgIpc) is 2.94. The van der Waals surface area contributed by atoms with Gasteiger partial charge < -0.3 is 5.32 Å². The maximum absolute atomic E-state index is 12.0. The lowest BCUT2D eigenvalue weighted by molar-refractivity contribution is 0.0954. The Bertz CT molecular complexity index is 518. The van der Waals surface area contributed by atoms with Crippen LogP contribution in [-0.4, -0.2) is 5.91 Å². The van der Waals surface area contributed by atoms with Crippen molar-refractivity contribution in [2.24, 2.45) is 0 Å². The molecule has 2 aromatic rings. The second kappa shape index (κ2) is 5.80. The van der Waals surface area contributed by atoms with Crippen molar-refractivity contribution in [2.75, 3.05) is 0 Å². The zero-order valence-electron chi connectivity index (χ0n) is 9.33. The molecule has 17 heavy (non-hydrogen) atoms. The molecule has 1 amide bonds. The summed E-state index contributed by atoms with van der Waals surface area (Å²) < 4.78 is 1.06. The molecule has 0 bridgehead atoms. The van der Waals surface area contributed by atoms with Crippen LogP contribution in [0.2, 0.25) is 0 Å². The molecule has 0 aliphatic carbocycles. The lowest BCUT2D eigenvalue weighted by atomic mass is 10.2. The van der Waals surface area contributed by atoms with E-state index in [9.17, 15) is 4.79 Å². The predicted octanol–water partition coefficient (Wildman–Crippen LogP) is 4.06. The molecule has 0 spiro atoms. The summed E-state index contributed by atoms with van der Waals surface area (Å²) in [5.41, 5.74) is 1.12. The highest BCUT2D eigenvalue weighted by Crippen LogP contribution is 2.23. The van der Waals surface area contributed by atoms with Crippen molar-refractivity contribution in [1.29, 1.82) is 0 Å². The summed E-state index contributed by atoms with van der Waals surface area (Å²) in [6.45, 7) is 2.65. The highest BCUT2D eigenvalue weighted by atomic mass is 79.9. The Hall–Kier alpha value is -0.650. The second-order valence-electron chi connectivity index (χ2n) is 3.50. The van der Waals surface area contributed by atoms with Crippen LogP contribution in [0.5, 0.6) is 0 Å². The van der Waals surface area contributed by atoms with Crippen LogP contribution < -0.4 is 5.32 Å². The molecule has 0 atom stereocenters. The molecule has 90 valence electrons. The number of hydrogen-bond donors (Lipinski definition) is 1. The SMILES string of the molecule is CCc1ccsc1C(=O)NCc1sccc1Br. The van der Waals surface area contributed by atoms with Crippen LogP contribution >= 0.6 is 38.6 Å². The number of carbonyl (C=O) groups is 1. The van der Waals surface area contributed by atoms with Gasteiger partial charge in [-0.25, -0.2) is 0 Å². The molecule has 0 aromatic carbocycles. The molecule has 0 radical (unpaired) electrons. The highest BCUT2D eigenvalue weighted by molar-refractivity contribution is 9.10. The van der Waals surface area contributed by atoms with Gasteiger partial charge in [0.15, 0.2) is 0 Å². The number of amides is 1. The molecule has 0 saturated carbocycles. The normalized spacial score (nSPS) is 10.5. The average molecular weight is 330 g/mol. The van der Waals surface area contributed by atoms with Crippen molar-refractivity contribution in [3.63, 3.8) is 0 Å². The van der Waals surface area contributed by atoms with Gasteiger partial charge in [-0.15, -0.1) is 22.7 Å². The monoisotopic (exact) mass is 329 g/mol. The van der Waals surface area contributed by atoms with Gasteiger partial charge in [-0.05, 0) is 50.8 Å². The summed E-state index contributed by atoms with van der Waals surface area (Å²) in [5, 5.41) is 6.93. The maximum atomic E-state index is 12.0.